The van der Waals surface area contributed by atoms with E-state index in [1.165, 1.54) is 5.56 Å². The minimum Gasteiger partial charge on any atom is -0.508 e. The molecule has 1 fully saturated rings. The molecule has 0 amide bonds. The number of carbonyl (C=O) groups is 1. The van der Waals surface area contributed by atoms with Gasteiger partial charge >= 0.3 is 5.97 Å². The van der Waals surface area contributed by atoms with Gasteiger partial charge in [-0.1, -0.05) is 66.7 Å². The number of phenols is 1. The summed E-state index contributed by atoms with van der Waals surface area (Å²) in [5.74, 6) is -0.394. The third-order valence-electron chi connectivity index (χ3n) is 6.42. The number of carboxylic acid groups (broad SMARTS) is 1. The number of rotatable bonds is 8. The quantitative estimate of drug-likeness (QED) is 0.393. The van der Waals surface area contributed by atoms with Crippen LogP contribution in [0.3, 0.4) is 0 Å². The van der Waals surface area contributed by atoms with Gasteiger partial charge in [-0.2, -0.15) is 4.80 Å². The van der Waals surface area contributed by atoms with E-state index in [1.54, 1.807) is 6.07 Å². The fraction of sp³-hybridized carbons (Fsp3) is 0.259. The standard InChI is InChI=1S/C27H28N6O3/c34-24-8-4-7-23(17-24)26(32-15-13-31(14-16-32)18-20-5-2-1-3-6-20)21-9-11-22(12-10-21)27-28-30-33(29-27)19-25(35)36/h1-12,17,26,34H,13-16,18-19H2,(H,35,36)/t26-/m1/s1. The van der Waals surface area contributed by atoms with Crippen LogP contribution >= 0.6 is 0 Å². The molecule has 1 atom stereocenters. The van der Waals surface area contributed by atoms with Crippen molar-refractivity contribution in [2.24, 2.45) is 0 Å². The van der Waals surface area contributed by atoms with Gasteiger partial charge in [0, 0.05) is 38.3 Å². The summed E-state index contributed by atoms with van der Waals surface area (Å²) in [5, 5.41) is 31.1. The maximum atomic E-state index is 10.9. The Morgan fingerprint density at radius 3 is 2.33 bits per heavy atom. The van der Waals surface area contributed by atoms with Crippen molar-refractivity contribution in [2.75, 3.05) is 26.2 Å². The molecule has 1 aliphatic heterocycles. The number of nitrogens with zero attached hydrogens (tertiary/aromatic N) is 6. The van der Waals surface area contributed by atoms with Gasteiger partial charge in [0.1, 0.15) is 5.75 Å². The summed E-state index contributed by atoms with van der Waals surface area (Å²) in [6.07, 6.45) is 0. The highest BCUT2D eigenvalue weighted by molar-refractivity contribution is 5.66. The lowest BCUT2D eigenvalue weighted by Gasteiger charge is -2.40. The van der Waals surface area contributed by atoms with Crippen molar-refractivity contribution in [3.63, 3.8) is 0 Å². The van der Waals surface area contributed by atoms with E-state index in [9.17, 15) is 9.90 Å². The summed E-state index contributed by atoms with van der Waals surface area (Å²) < 4.78 is 0. The lowest BCUT2D eigenvalue weighted by atomic mass is 9.95. The SMILES string of the molecule is O=C(O)Cn1nnc(-c2ccc([C@H](c3cccc(O)c3)N3CCN(Cc4ccccc4)CC3)cc2)n1. The van der Waals surface area contributed by atoms with Crippen molar-refractivity contribution in [3.05, 3.63) is 95.6 Å². The van der Waals surface area contributed by atoms with Gasteiger partial charge in [0.25, 0.3) is 0 Å². The first-order valence-electron chi connectivity index (χ1n) is 11.9. The smallest absolute Gasteiger partial charge is 0.327 e. The molecule has 0 radical (unpaired) electrons. The molecule has 2 N–H and O–H groups in total. The molecule has 4 aromatic rings. The summed E-state index contributed by atoms with van der Waals surface area (Å²) in [7, 11) is 0. The fourth-order valence-electron chi connectivity index (χ4n) is 4.69. The lowest BCUT2D eigenvalue weighted by Crippen LogP contribution is -2.47. The van der Waals surface area contributed by atoms with E-state index >= 15 is 0 Å². The number of carboxylic acids is 1. The molecular weight excluding hydrogens is 456 g/mol. The van der Waals surface area contributed by atoms with Crippen LogP contribution in [0.5, 0.6) is 5.75 Å². The molecule has 0 saturated carbocycles. The number of hydrogen-bond acceptors (Lipinski definition) is 7. The summed E-state index contributed by atoms with van der Waals surface area (Å²) in [4.78, 5) is 16.9. The highest BCUT2D eigenvalue weighted by Gasteiger charge is 2.27. The molecule has 2 heterocycles. The van der Waals surface area contributed by atoms with Crippen molar-refractivity contribution in [2.45, 2.75) is 19.1 Å². The zero-order chi connectivity index (χ0) is 24.9. The molecule has 3 aromatic carbocycles. The van der Waals surface area contributed by atoms with E-state index in [-0.39, 0.29) is 18.3 Å². The van der Waals surface area contributed by atoms with Gasteiger partial charge in [0.15, 0.2) is 6.54 Å². The summed E-state index contributed by atoms with van der Waals surface area (Å²) in [6.45, 7) is 4.33. The number of benzene rings is 3. The molecule has 9 nitrogen and oxygen atoms in total. The maximum absolute atomic E-state index is 10.9. The number of aliphatic carboxylic acids is 1. The third-order valence-corrected chi connectivity index (χ3v) is 6.42. The van der Waals surface area contributed by atoms with Gasteiger partial charge < -0.3 is 10.2 Å². The van der Waals surface area contributed by atoms with E-state index in [2.05, 4.69) is 49.5 Å². The van der Waals surface area contributed by atoms with Crippen molar-refractivity contribution < 1.29 is 15.0 Å². The minimum atomic E-state index is -1.02. The van der Waals surface area contributed by atoms with Crippen LogP contribution in [0.25, 0.3) is 11.4 Å². The van der Waals surface area contributed by atoms with Crippen molar-refractivity contribution in [3.8, 4) is 17.1 Å². The Labute approximate surface area is 209 Å². The van der Waals surface area contributed by atoms with Gasteiger partial charge in [-0.3, -0.25) is 14.6 Å². The Hall–Kier alpha value is -4.08. The van der Waals surface area contributed by atoms with Crippen LogP contribution in [0, 0.1) is 0 Å². The number of tetrazole rings is 1. The highest BCUT2D eigenvalue weighted by Crippen LogP contribution is 2.32. The fourth-order valence-corrected chi connectivity index (χ4v) is 4.69. The molecule has 0 spiro atoms. The Morgan fingerprint density at radius 2 is 1.64 bits per heavy atom. The summed E-state index contributed by atoms with van der Waals surface area (Å²) in [5.41, 5.74) is 4.21. The summed E-state index contributed by atoms with van der Waals surface area (Å²) >= 11 is 0. The molecular formula is C27H28N6O3. The second-order valence-corrected chi connectivity index (χ2v) is 8.95. The topological polar surface area (TPSA) is 108 Å². The van der Waals surface area contributed by atoms with E-state index in [1.807, 2.05) is 48.5 Å². The Bertz CT molecular complexity index is 1300. The molecule has 9 heteroatoms. The minimum absolute atomic E-state index is 0.0133. The highest BCUT2D eigenvalue weighted by atomic mass is 16.4. The second-order valence-electron chi connectivity index (χ2n) is 8.95. The van der Waals surface area contributed by atoms with Gasteiger partial charge in [-0.05, 0) is 34.0 Å². The van der Waals surface area contributed by atoms with Gasteiger partial charge in [0.05, 0.1) is 6.04 Å². The Balaban J connectivity index is 1.35. The number of phenolic OH excluding ortho intramolecular Hbond substituents is 1. The number of hydrogen-bond donors (Lipinski definition) is 2. The number of aromatic nitrogens is 4. The average Bonchev–Trinajstić information content (AvgIpc) is 3.34. The van der Waals surface area contributed by atoms with Gasteiger partial charge in [-0.25, -0.2) is 0 Å². The summed E-state index contributed by atoms with van der Waals surface area (Å²) in [6, 6.07) is 25.9. The first-order valence-corrected chi connectivity index (χ1v) is 11.9. The first-order chi connectivity index (χ1) is 17.5. The molecule has 1 saturated heterocycles. The largest absolute Gasteiger partial charge is 0.508 e. The van der Waals surface area contributed by atoms with E-state index < -0.39 is 5.97 Å². The number of piperazine rings is 1. The second kappa shape index (κ2) is 10.7. The molecule has 0 aliphatic carbocycles. The lowest BCUT2D eigenvalue weighted by molar-refractivity contribution is -0.138. The monoisotopic (exact) mass is 484 g/mol. The predicted octanol–water partition coefficient (Wildman–Crippen LogP) is 3.04. The normalized spacial score (nSPS) is 15.6. The molecule has 1 aliphatic rings. The zero-order valence-electron chi connectivity index (χ0n) is 19.8. The third kappa shape index (κ3) is 5.59. The molecule has 1 aromatic heterocycles. The zero-order valence-corrected chi connectivity index (χ0v) is 19.8. The van der Waals surface area contributed by atoms with Crippen LogP contribution in [0.4, 0.5) is 0 Å². The Kier molecular flexibility index (Phi) is 7.01. The van der Waals surface area contributed by atoms with Gasteiger partial charge in [0.2, 0.25) is 5.82 Å². The molecule has 36 heavy (non-hydrogen) atoms. The van der Waals surface area contributed by atoms with E-state index in [0.717, 1.165) is 54.2 Å². The number of aromatic hydroxyl groups is 1. The van der Waals surface area contributed by atoms with Crippen LogP contribution in [0.1, 0.15) is 22.7 Å². The van der Waals surface area contributed by atoms with Gasteiger partial charge in [-0.15, -0.1) is 10.2 Å². The van der Waals surface area contributed by atoms with Crippen LogP contribution < -0.4 is 0 Å². The van der Waals surface area contributed by atoms with E-state index in [0.29, 0.717) is 5.82 Å². The van der Waals surface area contributed by atoms with E-state index in [4.69, 9.17) is 5.11 Å². The molecule has 5 rings (SSSR count). The van der Waals surface area contributed by atoms with Crippen molar-refractivity contribution in [1.29, 1.82) is 0 Å². The first kappa shape index (κ1) is 23.7. The Morgan fingerprint density at radius 1 is 0.889 bits per heavy atom. The van der Waals surface area contributed by atoms with Crippen LogP contribution in [0.15, 0.2) is 78.9 Å². The predicted molar refractivity (Wildman–Crippen MR) is 134 cm³/mol. The van der Waals surface area contributed by atoms with Crippen LogP contribution in [-0.4, -0.2) is 72.4 Å². The average molecular weight is 485 g/mol. The van der Waals surface area contributed by atoms with Crippen LogP contribution in [0.2, 0.25) is 0 Å². The molecule has 0 bridgehead atoms. The molecule has 184 valence electrons. The molecule has 0 unspecified atom stereocenters. The van der Waals surface area contributed by atoms with Crippen molar-refractivity contribution in [1.82, 2.24) is 30.0 Å². The maximum Gasteiger partial charge on any atom is 0.327 e. The van der Waals surface area contributed by atoms with Crippen molar-refractivity contribution >= 4 is 5.97 Å². The van der Waals surface area contributed by atoms with Crippen LogP contribution in [-0.2, 0) is 17.9 Å².